The van der Waals surface area contributed by atoms with Crippen molar-refractivity contribution in [2.24, 2.45) is 5.92 Å². The van der Waals surface area contributed by atoms with Crippen molar-refractivity contribution < 1.29 is 19.1 Å². The molecule has 0 radical (unpaired) electrons. The molecule has 144 valence electrons. The predicted octanol–water partition coefficient (Wildman–Crippen LogP) is 4.50. The molecule has 0 aliphatic carbocycles. The van der Waals surface area contributed by atoms with E-state index >= 15 is 0 Å². The molecule has 1 aromatic carbocycles. The van der Waals surface area contributed by atoms with Crippen molar-refractivity contribution in [3.63, 3.8) is 0 Å². The van der Waals surface area contributed by atoms with Crippen LogP contribution in [0.4, 0.5) is 10.5 Å². The maximum Gasteiger partial charge on any atom is 0.412 e. The van der Waals surface area contributed by atoms with Crippen LogP contribution in [0.2, 0.25) is 0 Å². The van der Waals surface area contributed by atoms with Crippen LogP contribution >= 0.6 is 11.8 Å². The van der Waals surface area contributed by atoms with Crippen LogP contribution in [-0.2, 0) is 14.3 Å². The Hall–Kier alpha value is -1.79. The highest BCUT2D eigenvalue weighted by molar-refractivity contribution is 6.13. The lowest BCUT2D eigenvalue weighted by Gasteiger charge is -2.36. The van der Waals surface area contributed by atoms with Crippen molar-refractivity contribution in [1.82, 2.24) is 4.42 Å². The fraction of sp³-hybridized carbons (Fsp3) is 0.579. The molecule has 1 saturated heterocycles. The number of piperidine rings is 1. The topological polar surface area (TPSA) is 67.9 Å². The average molecular weight is 383 g/mol. The second kappa shape index (κ2) is 8.73. The van der Waals surface area contributed by atoms with Crippen LogP contribution in [0, 0.1) is 5.92 Å². The van der Waals surface area contributed by atoms with E-state index in [0.29, 0.717) is 18.8 Å². The van der Waals surface area contributed by atoms with Gasteiger partial charge in [-0.05, 0) is 70.0 Å². The quantitative estimate of drug-likeness (QED) is 0.613. The lowest BCUT2D eigenvalue weighted by atomic mass is 9.86. The number of carbonyl (C=O) groups excluding carboxylic acids is 2. The minimum atomic E-state index is -0.557. The van der Waals surface area contributed by atoms with Gasteiger partial charge in [-0.15, -0.1) is 0 Å². The van der Waals surface area contributed by atoms with Crippen molar-refractivity contribution in [1.29, 1.82) is 0 Å². The zero-order valence-electron chi connectivity index (χ0n) is 15.8. The van der Waals surface area contributed by atoms with Gasteiger partial charge in [0.25, 0.3) is 0 Å². The first kappa shape index (κ1) is 20.5. The molecule has 7 heteroatoms. The van der Waals surface area contributed by atoms with E-state index in [9.17, 15) is 9.59 Å². The smallest absolute Gasteiger partial charge is 0.412 e. The van der Waals surface area contributed by atoms with Gasteiger partial charge in [0.1, 0.15) is 5.60 Å². The van der Waals surface area contributed by atoms with Crippen LogP contribution in [0.5, 0.6) is 0 Å². The van der Waals surface area contributed by atoms with Gasteiger partial charge in [-0.2, -0.15) is 0 Å². The summed E-state index contributed by atoms with van der Waals surface area (Å²) in [5.74, 6) is -0.523. The summed E-state index contributed by atoms with van der Waals surface area (Å²) in [5, 5.41) is 2.69. The largest absolute Gasteiger partial charge is 0.466 e. The normalized spacial score (nSPS) is 21.1. The molecule has 0 aromatic heterocycles. The number of benzene rings is 1. The second-order valence-electron chi connectivity index (χ2n) is 7.32. The predicted molar refractivity (Wildman–Crippen MR) is 101 cm³/mol. The van der Waals surface area contributed by atoms with E-state index in [2.05, 4.69) is 5.32 Å². The Kier molecular flexibility index (Phi) is 6.89. The standard InChI is InChI=1S/C19H27ClN2O4/c1-5-25-17(23)15-7-6-12-22(20)16(15)13-8-10-14(11-9-13)21-18(24)26-19(2,3)4/h8-11,15-16H,5-7,12H2,1-4H3,(H,21,24). The first-order valence-electron chi connectivity index (χ1n) is 8.90. The van der Waals surface area contributed by atoms with Crippen LogP contribution in [-0.4, -0.2) is 35.2 Å². The van der Waals surface area contributed by atoms with E-state index in [1.54, 1.807) is 23.5 Å². The van der Waals surface area contributed by atoms with Gasteiger partial charge in [-0.1, -0.05) is 12.1 Å². The summed E-state index contributed by atoms with van der Waals surface area (Å²) in [7, 11) is 0. The summed E-state index contributed by atoms with van der Waals surface area (Å²) in [6, 6.07) is 7.04. The van der Waals surface area contributed by atoms with Crippen molar-refractivity contribution in [3.8, 4) is 0 Å². The lowest BCUT2D eigenvalue weighted by Crippen LogP contribution is -2.37. The van der Waals surface area contributed by atoms with Gasteiger partial charge in [0.15, 0.2) is 0 Å². The molecule has 0 spiro atoms. The number of anilines is 1. The molecule has 0 bridgehead atoms. The molecular weight excluding hydrogens is 356 g/mol. The van der Waals surface area contributed by atoms with Crippen molar-refractivity contribution in [2.75, 3.05) is 18.5 Å². The van der Waals surface area contributed by atoms with Gasteiger partial charge in [-0.25, -0.2) is 9.21 Å². The number of hydrogen-bond acceptors (Lipinski definition) is 5. The van der Waals surface area contributed by atoms with Crippen LogP contribution < -0.4 is 5.32 Å². The molecule has 1 amide bonds. The molecule has 1 aromatic rings. The highest BCUT2D eigenvalue weighted by Crippen LogP contribution is 2.38. The molecule has 0 saturated carbocycles. The molecule has 1 fully saturated rings. The van der Waals surface area contributed by atoms with Gasteiger partial charge in [0.05, 0.1) is 18.6 Å². The maximum atomic E-state index is 12.3. The zero-order chi connectivity index (χ0) is 19.3. The first-order valence-corrected chi connectivity index (χ1v) is 9.24. The SMILES string of the molecule is CCOC(=O)C1CCCN(Cl)C1c1ccc(NC(=O)OC(C)(C)C)cc1. The van der Waals surface area contributed by atoms with Crippen LogP contribution in [0.1, 0.15) is 52.1 Å². The van der Waals surface area contributed by atoms with Gasteiger partial charge in [-0.3, -0.25) is 10.1 Å². The van der Waals surface area contributed by atoms with E-state index in [-0.39, 0.29) is 17.9 Å². The van der Waals surface area contributed by atoms with E-state index in [1.165, 1.54) is 0 Å². The van der Waals surface area contributed by atoms with Crippen molar-refractivity contribution in [2.45, 2.75) is 52.2 Å². The number of carbonyl (C=O) groups is 2. The Balaban J connectivity index is 2.11. The third-order valence-electron chi connectivity index (χ3n) is 4.06. The third kappa shape index (κ3) is 5.61. The highest BCUT2D eigenvalue weighted by atomic mass is 35.5. The monoisotopic (exact) mass is 382 g/mol. The molecular formula is C19H27ClN2O4. The summed E-state index contributed by atoms with van der Waals surface area (Å²) < 4.78 is 12.1. The molecule has 2 unspecified atom stereocenters. The number of nitrogens with zero attached hydrogens (tertiary/aromatic N) is 1. The van der Waals surface area contributed by atoms with Crippen molar-refractivity contribution >= 4 is 29.5 Å². The Morgan fingerprint density at radius 2 is 1.92 bits per heavy atom. The third-order valence-corrected chi connectivity index (χ3v) is 4.44. The number of esters is 1. The molecule has 6 nitrogen and oxygen atoms in total. The summed E-state index contributed by atoms with van der Waals surface area (Å²) in [6.07, 6.45) is 1.08. The number of halogens is 1. The van der Waals surface area contributed by atoms with Gasteiger partial charge in [0.2, 0.25) is 0 Å². The maximum absolute atomic E-state index is 12.3. The van der Waals surface area contributed by atoms with E-state index in [1.807, 2.05) is 32.9 Å². The molecule has 26 heavy (non-hydrogen) atoms. The summed E-state index contributed by atoms with van der Waals surface area (Å²) in [6.45, 7) is 8.28. The summed E-state index contributed by atoms with van der Waals surface area (Å²) >= 11 is 6.39. The fourth-order valence-electron chi connectivity index (χ4n) is 3.03. The number of amides is 1. The minimum Gasteiger partial charge on any atom is -0.466 e. The number of nitrogens with one attached hydrogen (secondary N) is 1. The van der Waals surface area contributed by atoms with E-state index in [0.717, 1.165) is 18.4 Å². The molecule has 2 rings (SSSR count). The Labute approximate surface area is 159 Å². The first-order chi connectivity index (χ1) is 12.2. The summed E-state index contributed by atoms with van der Waals surface area (Å²) in [5.41, 5.74) is 0.970. The van der Waals surface area contributed by atoms with Crippen LogP contribution in [0.15, 0.2) is 24.3 Å². The minimum absolute atomic E-state index is 0.223. The van der Waals surface area contributed by atoms with Crippen molar-refractivity contribution in [3.05, 3.63) is 29.8 Å². The number of rotatable bonds is 4. The average Bonchev–Trinajstić information content (AvgIpc) is 2.54. The van der Waals surface area contributed by atoms with Gasteiger partial charge in [0, 0.05) is 12.2 Å². The van der Waals surface area contributed by atoms with E-state index in [4.69, 9.17) is 21.3 Å². The Morgan fingerprint density at radius 3 is 2.50 bits per heavy atom. The van der Waals surface area contributed by atoms with Gasteiger partial charge < -0.3 is 9.47 Å². The Morgan fingerprint density at radius 1 is 1.27 bits per heavy atom. The second-order valence-corrected chi connectivity index (χ2v) is 7.75. The molecule has 2 atom stereocenters. The van der Waals surface area contributed by atoms with Crippen LogP contribution in [0.25, 0.3) is 0 Å². The number of ether oxygens (including phenoxy) is 2. The van der Waals surface area contributed by atoms with Gasteiger partial charge >= 0.3 is 12.1 Å². The lowest BCUT2D eigenvalue weighted by molar-refractivity contribution is -0.151. The summed E-state index contributed by atoms with van der Waals surface area (Å²) in [4.78, 5) is 24.1. The molecule has 1 heterocycles. The molecule has 1 N–H and O–H groups in total. The molecule has 1 aliphatic heterocycles. The van der Waals surface area contributed by atoms with Crippen LogP contribution in [0.3, 0.4) is 0 Å². The fourth-order valence-corrected chi connectivity index (χ4v) is 3.40. The van der Waals surface area contributed by atoms with E-state index < -0.39 is 11.7 Å². The molecule has 1 aliphatic rings. The zero-order valence-corrected chi connectivity index (χ0v) is 16.5. The highest BCUT2D eigenvalue weighted by Gasteiger charge is 2.37. The Bertz CT molecular complexity index is 627. The number of hydrogen-bond donors (Lipinski definition) is 1.